The molecule has 3 aliphatic rings. The van der Waals surface area contributed by atoms with Crippen molar-refractivity contribution >= 4 is 46.8 Å². The SMILES string of the molecule is CCC[C@H](CC(=O)[C@@H]1C[C@]2(CC(c3cc(Cl)c(OC)cc3C)=NO2)CN1C(=O)[C@@H](NC(=O)OC1CCCC1)C(C)(C)C)C(=O)C(N)=O. The van der Waals surface area contributed by atoms with Gasteiger partial charge in [-0.15, -0.1) is 0 Å². The Hall–Kier alpha value is -3.67. The Labute approximate surface area is 281 Å². The summed E-state index contributed by atoms with van der Waals surface area (Å²) in [7, 11) is 1.53. The second-order valence-corrected chi connectivity index (χ2v) is 14.5. The average molecular weight is 675 g/mol. The summed E-state index contributed by atoms with van der Waals surface area (Å²) >= 11 is 6.43. The smallest absolute Gasteiger partial charge is 0.408 e. The number of carbonyl (C=O) groups is 5. The first kappa shape index (κ1) is 36.2. The van der Waals surface area contributed by atoms with Crippen molar-refractivity contribution in [2.24, 2.45) is 22.2 Å². The van der Waals surface area contributed by atoms with Gasteiger partial charge in [0.05, 0.1) is 30.4 Å². The number of carbonyl (C=O) groups excluding carboxylic acids is 5. The van der Waals surface area contributed by atoms with E-state index >= 15 is 0 Å². The lowest BCUT2D eigenvalue weighted by Crippen LogP contribution is -2.57. The van der Waals surface area contributed by atoms with Crippen molar-refractivity contribution in [2.45, 2.75) is 116 Å². The summed E-state index contributed by atoms with van der Waals surface area (Å²) in [5.41, 5.74) is 5.71. The quantitative estimate of drug-likeness (QED) is 0.303. The Kier molecular flexibility index (Phi) is 11.3. The highest BCUT2D eigenvalue weighted by Crippen LogP contribution is 2.42. The molecule has 12 nitrogen and oxygen atoms in total. The normalized spacial score (nSPS) is 22.4. The van der Waals surface area contributed by atoms with Crippen LogP contribution in [0.15, 0.2) is 17.3 Å². The Balaban J connectivity index is 1.64. The van der Waals surface area contributed by atoms with E-state index in [1.54, 1.807) is 12.1 Å². The molecule has 2 fully saturated rings. The Morgan fingerprint density at radius 1 is 1.19 bits per heavy atom. The van der Waals surface area contributed by atoms with Crippen LogP contribution >= 0.6 is 11.6 Å². The van der Waals surface area contributed by atoms with Crippen LogP contribution in [0.3, 0.4) is 0 Å². The van der Waals surface area contributed by atoms with Gasteiger partial charge in [0, 0.05) is 30.7 Å². The predicted octanol–water partition coefficient (Wildman–Crippen LogP) is 4.63. The molecule has 0 radical (unpaired) electrons. The first-order valence-corrected chi connectivity index (χ1v) is 16.7. The fourth-order valence-corrected chi connectivity index (χ4v) is 7.07. The number of halogens is 1. The van der Waals surface area contributed by atoms with Gasteiger partial charge in [-0.3, -0.25) is 19.2 Å². The molecule has 13 heteroatoms. The molecule has 2 aliphatic heterocycles. The molecule has 1 saturated heterocycles. The van der Waals surface area contributed by atoms with E-state index in [2.05, 4.69) is 10.5 Å². The Morgan fingerprint density at radius 3 is 2.47 bits per heavy atom. The van der Waals surface area contributed by atoms with Crippen LogP contribution in [0.1, 0.15) is 96.6 Å². The van der Waals surface area contributed by atoms with Gasteiger partial charge in [0.2, 0.25) is 11.7 Å². The third kappa shape index (κ3) is 8.25. The fourth-order valence-electron chi connectivity index (χ4n) is 6.83. The summed E-state index contributed by atoms with van der Waals surface area (Å²) in [6, 6.07) is 1.51. The molecule has 3 amide bonds. The van der Waals surface area contributed by atoms with Gasteiger partial charge in [-0.25, -0.2) is 4.79 Å². The number of hydrogen-bond donors (Lipinski definition) is 2. The zero-order valence-corrected chi connectivity index (χ0v) is 28.9. The van der Waals surface area contributed by atoms with Crippen molar-refractivity contribution in [1.29, 1.82) is 0 Å². The lowest BCUT2D eigenvalue weighted by Gasteiger charge is -2.35. The van der Waals surface area contributed by atoms with Crippen LogP contribution in [0, 0.1) is 18.3 Å². The molecule has 1 aromatic rings. The number of ether oxygens (including phenoxy) is 2. The number of nitrogens with zero attached hydrogens (tertiary/aromatic N) is 2. The maximum Gasteiger partial charge on any atom is 0.408 e. The van der Waals surface area contributed by atoms with Gasteiger partial charge in [-0.1, -0.05) is 50.9 Å². The zero-order valence-electron chi connectivity index (χ0n) is 28.2. The summed E-state index contributed by atoms with van der Waals surface area (Å²) in [5.74, 6) is -3.18. The minimum atomic E-state index is -1.10. The van der Waals surface area contributed by atoms with E-state index in [9.17, 15) is 24.0 Å². The molecule has 47 heavy (non-hydrogen) atoms. The number of rotatable bonds is 12. The fraction of sp³-hybridized carbons (Fsp3) is 0.647. The van der Waals surface area contributed by atoms with E-state index in [0.717, 1.165) is 36.8 Å². The van der Waals surface area contributed by atoms with Gasteiger partial charge in [0.25, 0.3) is 5.91 Å². The highest BCUT2D eigenvalue weighted by molar-refractivity contribution is 6.36. The average Bonchev–Trinajstić information content (AvgIpc) is 3.76. The summed E-state index contributed by atoms with van der Waals surface area (Å²) in [5, 5.41) is 7.57. The van der Waals surface area contributed by atoms with Crippen molar-refractivity contribution in [1.82, 2.24) is 10.2 Å². The molecule has 0 unspecified atom stereocenters. The number of Topliss-reactive ketones (excluding diaryl/α,β-unsaturated/α-hetero) is 2. The van der Waals surface area contributed by atoms with Crippen LogP contribution in [0.4, 0.5) is 4.79 Å². The Morgan fingerprint density at radius 2 is 1.87 bits per heavy atom. The standard InChI is InChI=1S/C34H47ClN4O8/c1-7-10-20(28(41)30(36)42)14-26(40)25-17-34(16-24(38-47-34)22-15-23(35)27(45-6)13-19(22)2)18-39(25)31(43)29(33(3,4)5)37-32(44)46-21-11-8-9-12-21/h13,15,20-21,25,29H,7-12,14,16-18H2,1-6H3,(H2,36,42)(H,37,44)/t20-,25+,29-,34-/m1/s1. The van der Waals surface area contributed by atoms with Crippen molar-refractivity contribution in [3.63, 3.8) is 0 Å². The number of oxime groups is 1. The minimum Gasteiger partial charge on any atom is -0.495 e. The molecule has 4 rings (SSSR count). The van der Waals surface area contributed by atoms with Gasteiger partial charge < -0.3 is 30.3 Å². The number of benzene rings is 1. The monoisotopic (exact) mass is 674 g/mol. The third-order valence-corrected chi connectivity index (χ3v) is 9.65. The van der Waals surface area contributed by atoms with Gasteiger partial charge in [-0.2, -0.15) is 0 Å². The van der Waals surface area contributed by atoms with Gasteiger partial charge in [0.15, 0.2) is 11.4 Å². The number of hydrogen-bond acceptors (Lipinski definition) is 9. The zero-order chi connectivity index (χ0) is 34.7. The molecule has 1 aliphatic carbocycles. The summed E-state index contributed by atoms with van der Waals surface area (Å²) in [4.78, 5) is 73.3. The van der Waals surface area contributed by atoms with Crippen LogP contribution in [0.2, 0.25) is 5.02 Å². The molecular weight excluding hydrogens is 628 g/mol. The van der Waals surface area contributed by atoms with E-state index in [4.69, 9.17) is 31.6 Å². The predicted molar refractivity (Wildman–Crippen MR) is 175 cm³/mol. The number of primary amides is 1. The van der Waals surface area contributed by atoms with Crippen LogP contribution in [-0.2, 0) is 28.8 Å². The van der Waals surface area contributed by atoms with E-state index in [-0.39, 0.29) is 31.9 Å². The molecule has 0 bridgehead atoms. The number of likely N-dealkylation sites (tertiary alicyclic amines) is 1. The third-order valence-electron chi connectivity index (χ3n) is 9.35. The largest absolute Gasteiger partial charge is 0.495 e. The number of aryl methyl sites for hydroxylation is 1. The van der Waals surface area contributed by atoms with E-state index in [1.807, 2.05) is 34.6 Å². The van der Waals surface area contributed by atoms with Crippen LogP contribution in [0.5, 0.6) is 5.75 Å². The molecule has 258 valence electrons. The minimum absolute atomic E-state index is 0.00627. The highest BCUT2D eigenvalue weighted by Gasteiger charge is 2.55. The topological polar surface area (TPSA) is 167 Å². The number of nitrogens with two attached hydrogens (primary N) is 1. The van der Waals surface area contributed by atoms with Crippen LogP contribution < -0.4 is 15.8 Å². The lowest BCUT2D eigenvalue weighted by atomic mass is 9.85. The van der Waals surface area contributed by atoms with E-state index in [0.29, 0.717) is 29.3 Å². The number of ketones is 2. The van der Waals surface area contributed by atoms with Crippen molar-refractivity contribution < 1.29 is 38.3 Å². The van der Waals surface area contributed by atoms with E-state index < -0.39 is 58.5 Å². The van der Waals surface area contributed by atoms with Crippen molar-refractivity contribution in [3.8, 4) is 5.75 Å². The highest BCUT2D eigenvalue weighted by atomic mass is 35.5. The molecule has 1 aromatic carbocycles. The van der Waals surface area contributed by atoms with Crippen LogP contribution in [-0.4, -0.2) is 77.5 Å². The second kappa shape index (κ2) is 14.6. The molecule has 3 N–H and O–H groups in total. The summed E-state index contributed by atoms with van der Waals surface area (Å²) in [6.45, 7) is 9.20. The molecule has 0 aromatic heterocycles. The number of amides is 3. The van der Waals surface area contributed by atoms with E-state index in [1.165, 1.54) is 12.0 Å². The maximum atomic E-state index is 14.4. The van der Waals surface area contributed by atoms with Crippen molar-refractivity contribution in [3.05, 3.63) is 28.3 Å². The lowest BCUT2D eigenvalue weighted by molar-refractivity contribution is -0.143. The Bertz CT molecular complexity index is 1430. The van der Waals surface area contributed by atoms with Gasteiger partial charge >= 0.3 is 6.09 Å². The van der Waals surface area contributed by atoms with Crippen molar-refractivity contribution in [2.75, 3.05) is 13.7 Å². The first-order chi connectivity index (χ1) is 22.1. The molecule has 1 spiro atoms. The molecule has 4 atom stereocenters. The molecule has 1 saturated carbocycles. The molecule has 2 heterocycles. The van der Waals surface area contributed by atoms with Crippen LogP contribution in [0.25, 0.3) is 0 Å². The second-order valence-electron chi connectivity index (χ2n) is 14.1. The summed E-state index contributed by atoms with van der Waals surface area (Å²) < 4.78 is 11.0. The van der Waals surface area contributed by atoms with Gasteiger partial charge in [-0.05, 0) is 62.1 Å². The van der Waals surface area contributed by atoms with Gasteiger partial charge in [0.1, 0.15) is 17.9 Å². The maximum absolute atomic E-state index is 14.4. The number of alkyl carbamates (subject to hydrolysis) is 1. The number of methoxy groups -OCH3 is 1. The number of nitrogens with one attached hydrogen (secondary N) is 1. The molecular formula is C34H47ClN4O8. The first-order valence-electron chi connectivity index (χ1n) is 16.3. The summed E-state index contributed by atoms with van der Waals surface area (Å²) in [6.07, 6.45) is 3.56.